The van der Waals surface area contributed by atoms with Crippen LogP contribution in [0.2, 0.25) is 0 Å². The minimum atomic E-state index is 0.152. The molecule has 106 valence electrons. The normalized spacial score (nSPS) is 10.8. The van der Waals surface area contributed by atoms with E-state index in [9.17, 15) is 4.79 Å². The highest BCUT2D eigenvalue weighted by molar-refractivity contribution is 5.78. The molecule has 19 heavy (non-hydrogen) atoms. The van der Waals surface area contributed by atoms with Crippen molar-refractivity contribution in [3.05, 3.63) is 35.4 Å². The van der Waals surface area contributed by atoms with Crippen LogP contribution < -0.4 is 5.73 Å². The van der Waals surface area contributed by atoms with E-state index in [1.54, 1.807) is 4.90 Å². The van der Waals surface area contributed by atoms with E-state index in [1.807, 2.05) is 45.4 Å². The van der Waals surface area contributed by atoms with Gasteiger partial charge in [0.2, 0.25) is 5.91 Å². The Balaban J connectivity index is 2.49. The first kappa shape index (κ1) is 15.7. The number of nitrogens with two attached hydrogens (primary N) is 1. The highest BCUT2D eigenvalue weighted by Crippen LogP contribution is 2.10. The average molecular weight is 263 g/mol. The Hall–Kier alpha value is -1.39. The fourth-order valence-corrected chi connectivity index (χ4v) is 1.98. The molecule has 0 aliphatic carbocycles. The summed E-state index contributed by atoms with van der Waals surface area (Å²) < 4.78 is 0. The number of carbonyl (C=O) groups is 1. The third-order valence-electron chi connectivity index (χ3n) is 3.20. The minimum absolute atomic E-state index is 0.152. The van der Waals surface area contributed by atoms with Crippen LogP contribution >= 0.6 is 0 Å². The van der Waals surface area contributed by atoms with Crippen LogP contribution in [-0.2, 0) is 17.8 Å². The Morgan fingerprint density at radius 1 is 1.11 bits per heavy atom. The van der Waals surface area contributed by atoms with E-state index < -0.39 is 0 Å². The van der Waals surface area contributed by atoms with Crippen molar-refractivity contribution in [2.75, 3.05) is 34.2 Å². The fraction of sp³-hybridized carbons (Fsp3) is 0.533. The van der Waals surface area contributed by atoms with Gasteiger partial charge in [0, 0.05) is 20.1 Å². The molecule has 2 N–H and O–H groups in total. The Morgan fingerprint density at radius 2 is 1.74 bits per heavy atom. The molecule has 1 aromatic carbocycles. The van der Waals surface area contributed by atoms with Crippen molar-refractivity contribution in [1.82, 2.24) is 9.80 Å². The van der Waals surface area contributed by atoms with E-state index >= 15 is 0 Å². The number of benzene rings is 1. The van der Waals surface area contributed by atoms with E-state index in [-0.39, 0.29) is 5.91 Å². The fourth-order valence-electron chi connectivity index (χ4n) is 1.98. The lowest BCUT2D eigenvalue weighted by molar-refractivity contribution is -0.129. The van der Waals surface area contributed by atoms with Crippen LogP contribution in [0, 0.1) is 0 Å². The molecule has 0 heterocycles. The van der Waals surface area contributed by atoms with Gasteiger partial charge in [0.25, 0.3) is 0 Å². The van der Waals surface area contributed by atoms with Gasteiger partial charge in [-0.1, -0.05) is 24.3 Å². The first-order chi connectivity index (χ1) is 9.04. The smallest absolute Gasteiger partial charge is 0.226 e. The standard InChI is InChI=1S/C15H25N3O/c1-17(2)9-6-10-18(3)15(19)11-13-7-4-5-8-14(13)12-16/h4-5,7-8H,6,9-12,16H2,1-3H3. The van der Waals surface area contributed by atoms with E-state index in [2.05, 4.69) is 4.90 Å². The van der Waals surface area contributed by atoms with E-state index in [1.165, 1.54) is 0 Å². The van der Waals surface area contributed by atoms with E-state index in [0.29, 0.717) is 13.0 Å². The van der Waals surface area contributed by atoms with Gasteiger partial charge in [0.05, 0.1) is 6.42 Å². The molecule has 0 bridgehead atoms. The second-order valence-corrected chi connectivity index (χ2v) is 5.12. The van der Waals surface area contributed by atoms with Gasteiger partial charge in [0.15, 0.2) is 0 Å². The number of likely N-dealkylation sites (N-methyl/N-ethyl adjacent to an activating group) is 1. The first-order valence-corrected chi connectivity index (χ1v) is 6.70. The summed E-state index contributed by atoms with van der Waals surface area (Å²) in [7, 11) is 5.95. The highest BCUT2D eigenvalue weighted by atomic mass is 16.2. The van der Waals surface area contributed by atoms with Crippen molar-refractivity contribution in [1.29, 1.82) is 0 Å². The monoisotopic (exact) mass is 263 g/mol. The van der Waals surface area contributed by atoms with Crippen LogP contribution in [-0.4, -0.2) is 49.9 Å². The Labute approximate surface area is 116 Å². The Morgan fingerprint density at radius 3 is 2.32 bits per heavy atom. The number of amides is 1. The predicted octanol–water partition coefficient (Wildman–Crippen LogP) is 1.10. The van der Waals surface area contributed by atoms with Crippen molar-refractivity contribution >= 4 is 5.91 Å². The van der Waals surface area contributed by atoms with E-state index in [4.69, 9.17) is 5.73 Å². The molecule has 1 amide bonds. The second kappa shape index (κ2) is 7.92. The van der Waals surface area contributed by atoms with Gasteiger partial charge in [-0.2, -0.15) is 0 Å². The highest BCUT2D eigenvalue weighted by Gasteiger charge is 2.11. The van der Waals surface area contributed by atoms with Crippen LogP contribution in [0.4, 0.5) is 0 Å². The van der Waals surface area contributed by atoms with Crippen molar-refractivity contribution in [2.45, 2.75) is 19.4 Å². The van der Waals surface area contributed by atoms with Gasteiger partial charge in [-0.3, -0.25) is 4.79 Å². The summed E-state index contributed by atoms with van der Waals surface area (Å²) in [5, 5.41) is 0. The summed E-state index contributed by atoms with van der Waals surface area (Å²) in [6.07, 6.45) is 1.43. The third-order valence-corrected chi connectivity index (χ3v) is 3.20. The SMILES string of the molecule is CN(C)CCCN(C)C(=O)Cc1ccccc1CN. The lowest BCUT2D eigenvalue weighted by Crippen LogP contribution is -2.31. The maximum atomic E-state index is 12.1. The summed E-state index contributed by atoms with van der Waals surface area (Å²) in [5.41, 5.74) is 7.78. The molecule has 0 saturated carbocycles. The van der Waals surface area contributed by atoms with E-state index in [0.717, 1.165) is 30.6 Å². The molecule has 0 fully saturated rings. The quantitative estimate of drug-likeness (QED) is 0.801. The average Bonchev–Trinajstić information content (AvgIpc) is 2.38. The molecule has 0 radical (unpaired) electrons. The van der Waals surface area contributed by atoms with Crippen molar-refractivity contribution in [3.8, 4) is 0 Å². The maximum absolute atomic E-state index is 12.1. The second-order valence-electron chi connectivity index (χ2n) is 5.12. The predicted molar refractivity (Wildman–Crippen MR) is 78.8 cm³/mol. The molecular weight excluding hydrogens is 238 g/mol. The summed E-state index contributed by atoms with van der Waals surface area (Å²) in [6.45, 7) is 2.27. The zero-order chi connectivity index (χ0) is 14.3. The maximum Gasteiger partial charge on any atom is 0.226 e. The summed E-state index contributed by atoms with van der Waals surface area (Å²) in [5.74, 6) is 0.152. The summed E-state index contributed by atoms with van der Waals surface area (Å²) in [4.78, 5) is 16.1. The van der Waals surface area contributed by atoms with Gasteiger partial charge in [-0.05, 0) is 38.2 Å². The summed E-state index contributed by atoms with van der Waals surface area (Å²) >= 11 is 0. The van der Waals surface area contributed by atoms with Gasteiger partial charge >= 0.3 is 0 Å². The van der Waals surface area contributed by atoms with Crippen molar-refractivity contribution in [3.63, 3.8) is 0 Å². The number of carbonyl (C=O) groups excluding carboxylic acids is 1. The lowest BCUT2D eigenvalue weighted by atomic mass is 10.0. The topological polar surface area (TPSA) is 49.6 Å². The molecular formula is C15H25N3O. The largest absolute Gasteiger partial charge is 0.345 e. The molecule has 0 aromatic heterocycles. The molecule has 1 aromatic rings. The molecule has 4 heteroatoms. The number of hydrogen-bond donors (Lipinski definition) is 1. The molecule has 0 spiro atoms. The minimum Gasteiger partial charge on any atom is -0.345 e. The third kappa shape index (κ3) is 5.41. The number of hydrogen-bond acceptors (Lipinski definition) is 3. The Bertz CT molecular complexity index is 404. The van der Waals surface area contributed by atoms with Crippen LogP contribution in [0.3, 0.4) is 0 Å². The zero-order valence-electron chi connectivity index (χ0n) is 12.2. The van der Waals surface area contributed by atoms with Gasteiger partial charge in [-0.15, -0.1) is 0 Å². The summed E-state index contributed by atoms with van der Waals surface area (Å²) in [6, 6.07) is 7.87. The van der Waals surface area contributed by atoms with Crippen LogP contribution in [0.15, 0.2) is 24.3 Å². The first-order valence-electron chi connectivity index (χ1n) is 6.70. The molecule has 0 unspecified atom stereocenters. The number of nitrogens with zero attached hydrogens (tertiary/aromatic N) is 2. The van der Waals surface area contributed by atoms with Crippen molar-refractivity contribution < 1.29 is 4.79 Å². The zero-order valence-corrected chi connectivity index (χ0v) is 12.2. The van der Waals surface area contributed by atoms with Gasteiger partial charge in [-0.25, -0.2) is 0 Å². The lowest BCUT2D eigenvalue weighted by Gasteiger charge is -2.19. The Kier molecular flexibility index (Phi) is 6.53. The van der Waals surface area contributed by atoms with Crippen LogP contribution in [0.25, 0.3) is 0 Å². The molecule has 4 nitrogen and oxygen atoms in total. The molecule has 0 aliphatic rings. The van der Waals surface area contributed by atoms with Crippen molar-refractivity contribution in [2.24, 2.45) is 5.73 Å². The van der Waals surface area contributed by atoms with Gasteiger partial charge in [0.1, 0.15) is 0 Å². The van der Waals surface area contributed by atoms with Crippen LogP contribution in [0.1, 0.15) is 17.5 Å². The number of rotatable bonds is 7. The van der Waals surface area contributed by atoms with Gasteiger partial charge < -0.3 is 15.5 Å². The molecule has 0 aliphatic heterocycles. The molecule has 1 rings (SSSR count). The van der Waals surface area contributed by atoms with Crippen LogP contribution in [0.5, 0.6) is 0 Å². The molecule has 0 saturated heterocycles. The molecule has 0 atom stereocenters.